The van der Waals surface area contributed by atoms with Crippen LogP contribution in [0.3, 0.4) is 0 Å². The minimum absolute atomic E-state index is 0.858. The van der Waals surface area contributed by atoms with Crippen LogP contribution in [0, 0.1) is 0 Å². The normalized spacial score (nSPS) is 12.0. The minimum Gasteiger partial charge on any atom is -0.291 e. The van der Waals surface area contributed by atoms with E-state index in [2.05, 4.69) is 58.1 Å². The Labute approximate surface area is 175 Å². The van der Waals surface area contributed by atoms with Gasteiger partial charge in [0.05, 0.1) is 22.1 Å². The zero-order chi connectivity index (χ0) is 19.7. The van der Waals surface area contributed by atoms with Crippen LogP contribution in [-0.2, 0) is 0 Å². The summed E-state index contributed by atoms with van der Waals surface area (Å²) >= 11 is 1.83. The summed E-state index contributed by atoms with van der Waals surface area (Å²) < 4.78 is 4.80. The Balaban J connectivity index is 1.74. The number of aromatic nitrogens is 4. The van der Waals surface area contributed by atoms with Gasteiger partial charge < -0.3 is 0 Å². The first-order chi connectivity index (χ1) is 14.9. The molecule has 0 N–H and O–H groups in total. The predicted octanol–water partition coefficient (Wildman–Crippen LogP) is 6.49. The first kappa shape index (κ1) is 16.0. The Morgan fingerprint density at radius 1 is 0.733 bits per heavy atom. The lowest BCUT2D eigenvalue weighted by molar-refractivity contribution is 1.09. The van der Waals surface area contributed by atoms with Gasteiger partial charge in [-0.3, -0.25) is 14.5 Å². The van der Waals surface area contributed by atoms with Crippen LogP contribution in [0.25, 0.3) is 58.8 Å². The Kier molecular flexibility index (Phi) is 3.12. The first-order valence-corrected chi connectivity index (χ1v) is 10.6. The summed E-state index contributed by atoms with van der Waals surface area (Å²) in [5.41, 5.74) is 4.14. The van der Waals surface area contributed by atoms with Gasteiger partial charge in [0.15, 0.2) is 0 Å². The maximum atomic E-state index is 4.82. The van der Waals surface area contributed by atoms with Crippen molar-refractivity contribution in [1.82, 2.24) is 19.5 Å². The molecule has 0 radical (unpaired) electrons. The van der Waals surface area contributed by atoms with Gasteiger partial charge in [-0.15, -0.1) is 11.3 Å². The molecule has 0 atom stereocenters. The summed E-state index contributed by atoms with van der Waals surface area (Å²) in [5.74, 6) is 0.858. The number of thiophene rings is 1. The van der Waals surface area contributed by atoms with Crippen LogP contribution < -0.4 is 0 Å². The van der Waals surface area contributed by atoms with Crippen molar-refractivity contribution in [3.63, 3.8) is 0 Å². The van der Waals surface area contributed by atoms with Crippen LogP contribution in [0.4, 0.5) is 0 Å². The highest BCUT2D eigenvalue weighted by atomic mass is 32.1. The Morgan fingerprint density at radius 2 is 1.63 bits per heavy atom. The van der Waals surface area contributed by atoms with Crippen LogP contribution in [0.2, 0.25) is 0 Å². The van der Waals surface area contributed by atoms with E-state index < -0.39 is 0 Å². The molecule has 0 amide bonds. The predicted molar refractivity (Wildman–Crippen MR) is 125 cm³/mol. The first-order valence-electron chi connectivity index (χ1n) is 9.79. The molecule has 0 aliphatic rings. The molecule has 0 saturated carbocycles. The van der Waals surface area contributed by atoms with Crippen molar-refractivity contribution in [3.8, 4) is 5.82 Å². The van der Waals surface area contributed by atoms with E-state index in [1.165, 1.54) is 20.2 Å². The van der Waals surface area contributed by atoms with Crippen molar-refractivity contribution in [2.75, 3.05) is 0 Å². The maximum absolute atomic E-state index is 4.82. The van der Waals surface area contributed by atoms with Crippen LogP contribution >= 0.6 is 11.3 Å². The number of benzene rings is 2. The lowest BCUT2D eigenvalue weighted by Gasteiger charge is -2.08. The van der Waals surface area contributed by atoms with Gasteiger partial charge in [-0.25, -0.2) is 4.98 Å². The number of nitrogens with zero attached hydrogens (tertiary/aromatic N) is 4. The summed E-state index contributed by atoms with van der Waals surface area (Å²) in [6, 6.07) is 23.2. The fraction of sp³-hybridized carbons (Fsp3) is 0. The van der Waals surface area contributed by atoms with Crippen molar-refractivity contribution in [3.05, 3.63) is 85.3 Å². The summed E-state index contributed by atoms with van der Waals surface area (Å²) in [4.78, 5) is 14.1. The second-order valence-electron chi connectivity index (χ2n) is 7.38. The third kappa shape index (κ3) is 2.07. The van der Waals surface area contributed by atoms with E-state index in [9.17, 15) is 0 Å². The minimum atomic E-state index is 0.858. The fourth-order valence-electron chi connectivity index (χ4n) is 4.44. The summed E-state index contributed by atoms with van der Waals surface area (Å²) in [6.45, 7) is 0. The molecule has 140 valence electrons. The lowest BCUT2D eigenvalue weighted by atomic mass is 10.1. The monoisotopic (exact) mass is 402 g/mol. The molecule has 0 spiro atoms. The summed E-state index contributed by atoms with van der Waals surface area (Å²) in [5, 5.41) is 4.70. The molecule has 0 fully saturated rings. The summed E-state index contributed by atoms with van der Waals surface area (Å²) in [6.07, 6.45) is 5.58. The molecule has 5 heteroatoms. The highest BCUT2D eigenvalue weighted by Crippen LogP contribution is 2.42. The van der Waals surface area contributed by atoms with E-state index in [0.29, 0.717) is 0 Å². The molecule has 4 nitrogen and oxygen atoms in total. The van der Waals surface area contributed by atoms with Crippen molar-refractivity contribution < 1.29 is 0 Å². The second-order valence-corrected chi connectivity index (χ2v) is 8.46. The van der Waals surface area contributed by atoms with E-state index in [4.69, 9.17) is 9.97 Å². The molecular formula is C25H14N4S. The van der Waals surface area contributed by atoms with Crippen LogP contribution in [0.1, 0.15) is 0 Å². The maximum Gasteiger partial charge on any atom is 0.139 e. The molecule has 0 unspecified atom stereocenters. The zero-order valence-electron chi connectivity index (χ0n) is 15.8. The van der Waals surface area contributed by atoms with E-state index >= 15 is 0 Å². The van der Waals surface area contributed by atoms with Gasteiger partial charge in [0, 0.05) is 55.6 Å². The molecule has 5 aromatic heterocycles. The Morgan fingerprint density at radius 3 is 2.63 bits per heavy atom. The van der Waals surface area contributed by atoms with Gasteiger partial charge in [0.2, 0.25) is 0 Å². The molecule has 5 heterocycles. The standard InChI is InChI=1S/C25H14N4S/c1-2-8-20-16(6-1)23-21(30-20)10-9-17-24-19(7-4-12-27-24)29(25(17)23)22-13-18-15(14-28-22)5-3-11-26-18/h1-14H. The third-order valence-electron chi connectivity index (χ3n) is 5.72. The van der Waals surface area contributed by atoms with Crippen molar-refractivity contribution in [2.24, 2.45) is 0 Å². The average molecular weight is 402 g/mol. The average Bonchev–Trinajstić information content (AvgIpc) is 3.34. The molecular weight excluding hydrogens is 388 g/mol. The van der Waals surface area contributed by atoms with Gasteiger partial charge in [-0.05, 0) is 42.5 Å². The third-order valence-corrected chi connectivity index (χ3v) is 6.86. The number of fused-ring (bicyclic) bond motifs is 8. The largest absolute Gasteiger partial charge is 0.291 e. The van der Waals surface area contributed by atoms with Crippen molar-refractivity contribution >= 4 is 64.3 Å². The highest BCUT2D eigenvalue weighted by Gasteiger charge is 2.19. The molecule has 2 aromatic carbocycles. The topological polar surface area (TPSA) is 43.6 Å². The molecule has 30 heavy (non-hydrogen) atoms. The Hall–Kier alpha value is -3.83. The number of hydrogen-bond acceptors (Lipinski definition) is 4. The lowest BCUT2D eigenvalue weighted by Crippen LogP contribution is -1.98. The molecule has 0 bridgehead atoms. The quantitative estimate of drug-likeness (QED) is 0.315. The van der Waals surface area contributed by atoms with Crippen molar-refractivity contribution in [2.45, 2.75) is 0 Å². The Bertz CT molecular complexity index is 1760. The van der Waals surface area contributed by atoms with Crippen LogP contribution in [0.5, 0.6) is 0 Å². The number of rotatable bonds is 1. The van der Waals surface area contributed by atoms with Gasteiger partial charge in [0.1, 0.15) is 5.82 Å². The molecule has 0 aliphatic heterocycles. The number of hydrogen-bond donors (Lipinski definition) is 0. The van der Waals surface area contributed by atoms with Crippen LogP contribution in [0.15, 0.2) is 85.3 Å². The van der Waals surface area contributed by atoms with E-state index in [-0.39, 0.29) is 0 Å². The second kappa shape index (κ2) is 5.84. The van der Waals surface area contributed by atoms with Gasteiger partial charge in [-0.2, -0.15) is 0 Å². The van der Waals surface area contributed by atoms with Gasteiger partial charge in [-0.1, -0.05) is 18.2 Å². The molecule has 7 aromatic rings. The van der Waals surface area contributed by atoms with E-state index in [1.807, 2.05) is 48.1 Å². The van der Waals surface area contributed by atoms with Gasteiger partial charge >= 0.3 is 0 Å². The van der Waals surface area contributed by atoms with E-state index in [0.717, 1.165) is 38.7 Å². The molecule has 7 rings (SSSR count). The highest BCUT2D eigenvalue weighted by molar-refractivity contribution is 7.26. The summed E-state index contributed by atoms with van der Waals surface area (Å²) in [7, 11) is 0. The van der Waals surface area contributed by atoms with Crippen molar-refractivity contribution in [1.29, 1.82) is 0 Å². The molecule has 0 aliphatic carbocycles. The zero-order valence-corrected chi connectivity index (χ0v) is 16.6. The number of pyridine rings is 3. The van der Waals surface area contributed by atoms with Gasteiger partial charge in [0.25, 0.3) is 0 Å². The fourth-order valence-corrected chi connectivity index (χ4v) is 5.55. The smallest absolute Gasteiger partial charge is 0.139 e. The SMILES string of the molecule is c1cnc2cc(-n3c4cccnc4c4ccc5sc6ccccc6c5c43)ncc2c1. The molecule has 0 saturated heterocycles. The van der Waals surface area contributed by atoms with Crippen LogP contribution in [-0.4, -0.2) is 19.5 Å². The van der Waals surface area contributed by atoms with E-state index in [1.54, 1.807) is 0 Å².